The van der Waals surface area contributed by atoms with Crippen LogP contribution in [-0.2, 0) is 13.1 Å². The van der Waals surface area contributed by atoms with Gasteiger partial charge in [-0.25, -0.2) is 0 Å². The van der Waals surface area contributed by atoms with E-state index in [1.165, 1.54) is 5.69 Å². The molecule has 0 saturated carbocycles. The zero-order valence-corrected chi connectivity index (χ0v) is 11.7. The van der Waals surface area contributed by atoms with Gasteiger partial charge in [0.1, 0.15) is 0 Å². The van der Waals surface area contributed by atoms with E-state index < -0.39 is 0 Å². The summed E-state index contributed by atoms with van der Waals surface area (Å²) in [6.07, 6.45) is 0. The Morgan fingerprint density at radius 3 is 2.80 bits per heavy atom. The molecule has 0 aliphatic heterocycles. The van der Waals surface area contributed by atoms with E-state index >= 15 is 0 Å². The van der Waals surface area contributed by atoms with Crippen molar-refractivity contribution in [3.8, 4) is 0 Å². The number of nitrogens with zero attached hydrogens (tertiary/aromatic N) is 2. The molecule has 0 bridgehead atoms. The van der Waals surface area contributed by atoms with Crippen LogP contribution >= 0.6 is 27.5 Å². The Kier molecular flexibility index (Phi) is 5.09. The second-order valence-corrected chi connectivity index (χ2v) is 4.70. The van der Waals surface area contributed by atoms with Gasteiger partial charge in [0.05, 0.1) is 15.9 Å². The summed E-state index contributed by atoms with van der Waals surface area (Å²) in [4.78, 5) is 0. The fraction of sp³-hybridized carbons (Fsp3) is 0.700. The molecule has 0 amide bonds. The highest BCUT2D eigenvalue weighted by molar-refractivity contribution is 9.10. The first-order valence-electron chi connectivity index (χ1n) is 5.11. The highest BCUT2D eigenvalue weighted by atomic mass is 79.9. The molecular formula is C10H17BrClN3. The van der Waals surface area contributed by atoms with Crippen molar-refractivity contribution in [3.05, 3.63) is 15.9 Å². The normalized spacial score (nSPS) is 13.1. The predicted molar refractivity (Wildman–Crippen MR) is 67.4 cm³/mol. The van der Waals surface area contributed by atoms with Crippen molar-refractivity contribution in [2.75, 3.05) is 5.88 Å². The van der Waals surface area contributed by atoms with Gasteiger partial charge in [0.15, 0.2) is 0 Å². The largest absolute Gasteiger partial charge is 0.307 e. The van der Waals surface area contributed by atoms with Crippen LogP contribution in [0.5, 0.6) is 0 Å². The average Bonchev–Trinajstić information content (AvgIpc) is 2.52. The molecule has 0 aliphatic carbocycles. The minimum atomic E-state index is 0.319. The lowest BCUT2D eigenvalue weighted by atomic mass is 10.3. The van der Waals surface area contributed by atoms with Crippen molar-refractivity contribution >= 4 is 27.5 Å². The van der Waals surface area contributed by atoms with Crippen molar-refractivity contribution < 1.29 is 0 Å². The maximum Gasteiger partial charge on any atom is 0.0739 e. The fourth-order valence-electron chi connectivity index (χ4n) is 1.36. The van der Waals surface area contributed by atoms with Crippen LogP contribution in [0.15, 0.2) is 4.47 Å². The third kappa shape index (κ3) is 3.20. The number of hydrogen-bond donors (Lipinski definition) is 1. The lowest BCUT2D eigenvalue weighted by Gasteiger charge is -2.11. The molecule has 0 aromatic carbocycles. The maximum atomic E-state index is 5.74. The summed E-state index contributed by atoms with van der Waals surface area (Å²) in [6, 6.07) is 0.319. The molecule has 1 N–H and O–H groups in total. The number of aromatic nitrogens is 2. The molecule has 15 heavy (non-hydrogen) atoms. The Labute approximate surface area is 104 Å². The number of aryl methyl sites for hydroxylation is 2. The molecule has 86 valence electrons. The Morgan fingerprint density at radius 2 is 2.27 bits per heavy atom. The van der Waals surface area contributed by atoms with Crippen LogP contribution in [0, 0.1) is 6.92 Å². The summed E-state index contributed by atoms with van der Waals surface area (Å²) in [5, 5.41) is 7.78. The molecule has 0 saturated heterocycles. The smallest absolute Gasteiger partial charge is 0.0739 e. The highest BCUT2D eigenvalue weighted by Gasteiger charge is 2.12. The molecule has 0 spiro atoms. The van der Waals surface area contributed by atoms with E-state index in [0.29, 0.717) is 11.9 Å². The van der Waals surface area contributed by atoms with E-state index in [9.17, 15) is 0 Å². The zero-order valence-electron chi connectivity index (χ0n) is 9.35. The van der Waals surface area contributed by atoms with Crippen molar-refractivity contribution in [3.63, 3.8) is 0 Å². The van der Waals surface area contributed by atoms with Gasteiger partial charge in [-0.15, -0.1) is 11.6 Å². The summed E-state index contributed by atoms with van der Waals surface area (Å²) in [5.41, 5.74) is 2.22. The van der Waals surface area contributed by atoms with E-state index in [1.807, 2.05) is 11.6 Å². The zero-order chi connectivity index (χ0) is 11.4. The van der Waals surface area contributed by atoms with Gasteiger partial charge in [-0.3, -0.25) is 4.68 Å². The van der Waals surface area contributed by atoms with Gasteiger partial charge in [-0.05, 0) is 36.7 Å². The number of halogens is 2. The van der Waals surface area contributed by atoms with E-state index in [4.69, 9.17) is 11.6 Å². The molecule has 0 radical (unpaired) electrons. The Morgan fingerprint density at radius 1 is 1.60 bits per heavy atom. The minimum Gasteiger partial charge on any atom is -0.307 e. The molecule has 1 aromatic rings. The van der Waals surface area contributed by atoms with Crippen LogP contribution in [0.4, 0.5) is 0 Å². The van der Waals surface area contributed by atoms with Gasteiger partial charge >= 0.3 is 0 Å². The first-order valence-corrected chi connectivity index (χ1v) is 6.44. The molecule has 1 unspecified atom stereocenters. The van der Waals surface area contributed by atoms with Gasteiger partial charge in [-0.2, -0.15) is 5.10 Å². The summed E-state index contributed by atoms with van der Waals surface area (Å²) >= 11 is 9.30. The van der Waals surface area contributed by atoms with E-state index in [-0.39, 0.29) is 0 Å². The monoisotopic (exact) mass is 293 g/mol. The first-order chi connectivity index (χ1) is 7.10. The third-order valence-electron chi connectivity index (χ3n) is 2.30. The number of alkyl halides is 1. The van der Waals surface area contributed by atoms with Crippen LogP contribution < -0.4 is 5.32 Å². The van der Waals surface area contributed by atoms with Crippen molar-refractivity contribution in [2.45, 2.75) is 39.9 Å². The van der Waals surface area contributed by atoms with Gasteiger partial charge in [0.2, 0.25) is 0 Å². The molecule has 3 nitrogen and oxygen atoms in total. The lowest BCUT2D eigenvalue weighted by Crippen LogP contribution is -2.28. The molecule has 0 aliphatic rings. The molecular weight excluding hydrogens is 277 g/mol. The Bertz CT molecular complexity index is 325. The van der Waals surface area contributed by atoms with Crippen LogP contribution in [0.3, 0.4) is 0 Å². The number of nitrogens with one attached hydrogen (secondary N) is 1. The number of hydrogen-bond acceptors (Lipinski definition) is 2. The maximum absolute atomic E-state index is 5.74. The van der Waals surface area contributed by atoms with Crippen LogP contribution in [-0.4, -0.2) is 21.7 Å². The molecule has 0 fully saturated rings. The summed E-state index contributed by atoms with van der Waals surface area (Å²) < 4.78 is 3.10. The molecule has 5 heteroatoms. The first kappa shape index (κ1) is 13.0. The summed E-state index contributed by atoms with van der Waals surface area (Å²) in [7, 11) is 0. The van der Waals surface area contributed by atoms with Gasteiger partial charge in [0.25, 0.3) is 0 Å². The lowest BCUT2D eigenvalue weighted by molar-refractivity contribution is 0.541. The van der Waals surface area contributed by atoms with Crippen LogP contribution in [0.2, 0.25) is 0 Å². The van der Waals surface area contributed by atoms with E-state index in [0.717, 1.165) is 23.3 Å². The second-order valence-electron chi connectivity index (χ2n) is 3.60. The molecule has 1 heterocycles. The molecule has 1 aromatic heterocycles. The standard InChI is InChI=1S/C10H17BrClN3/c1-4-15-9(6-13-7(2)5-12)10(11)8(3)14-15/h7,13H,4-6H2,1-3H3. The molecule has 1 atom stereocenters. The quantitative estimate of drug-likeness (QED) is 0.846. The summed E-state index contributed by atoms with van der Waals surface area (Å²) in [5.74, 6) is 0.622. The average molecular weight is 295 g/mol. The molecule has 1 rings (SSSR count). The second kappa shape index (κ2) is 5.87. The van der Waals surface area contributed by atoms with E-state index in [1.54, 1.807) is 0 Å². The van der Waals surface area contributed by atoms with Crippen molar-refractivity contribution in [1.82, 2.24) is 15.1 Å². The topological polar surface area (TPSA) is 29.9 Å². The van der Waals surface area contributed by atoms with Gasteiger partial charge in [-0.1, -0.05) is 0 Å². The Hall–Kier alpha value is -0.0600. The fourth-order valence-corrected chi connectivity index (χ4v) is 1.90. The van der Waals surface area contributed by atoms with Gasteiger partial charge < -0.3 is 5.32 Å². The Balaban J connectivity index is 2.74. The predicted octanol–water partition coefficient (Wildman–Crippen LogP) is 2.69. The van der Waals surface area contributed by atoms with E-state index in [2.05, 4.69) is 40.2 Å². The third-order valence-corrected chi connectivity index (χ3v) is 3.80. The van der Waals surface area contributed by atoms with Crippen LogP contribution in [0.1, 0.15) is 25.2 Å². The number of rotatable bonds is 5. The SMILES string of the molecule is CCn1nc(C)c(Br)c1CNC(C)CCl. The van der Waals surface area contributed by atoms with Crippen molar-refractivity contribution in [1.29, 1.82) is 0 Å². The summed E-state index contributed by atoms with van der Waals surface area (Å²) in [6.45, 7) is 7.85. The van der Waals surface area contributed by atoms with Crippen LogP contribution in [0.25, 0.3) is 0 Å². The highest BCUT2D eigenvalue weighted by Crippen LogP contribution is 2.20. The van der Waals surface area contributed by atoms with Crippen molar-refractivity contribution in [2.24, 2.45) is 0 Å². The minimum absolute atomic E-state index is 0.319. The van der Waals surface area contributed by atoms with Gasteiger partial charge in [0, 0.05) is 25.0 Å².